The van der Waals surface area contributed by atoms with Gasteiger partial charge in [-0.25, -0.2) is 9.59 Å². The molecule has 1 aliphatic rings. The molecule has 1 fully saturated rings. The summed E-state index contributed by atoms with van der Waals surface area (Å²) in [6.07, 6.45) is 0. The number of imide groups is 1. The molecule has 2 aromatic rings. The highest BCUT2D eigenvalue weighted by Gasteiger charge is 2.47. The lowest BCUT2D eigenvalue weighted by molar-refractivity contribution is -0.130. The van der Waals surface area contributed by atoms with Gasteiger partial charge >= 0.3 is 11.7 Å². The largest absolute Gasteiger partial charge is 0.328 e. The van der Waals surface area contributed by atoms with Gasteiger partial charge in [0, 0.05) is 28.2 Å². The summed E-state index contributed by atoms with van der Waals surface area (Å²) in [6, 6.07) is 7.51. The molecule has 124 valence electrons. The number of likely N-dealkylation sites (N-methyl/N-ethyl adjacent to an activating group) is 2. The first-order chi connectivity index (χ1) is 10.6. The zero-order chi connectivity index (χ0) is 17.5. The summed E-state index contributed by atoms with van der Waals surface area (Å²) in [5.41, 5.74) is 1.30. The summed E-state index contributed by atoms with van der Waals surface area (Å²) in [5, 5.41) is 0. The number of nitrogens with zero attached hydrogens (tertiary/aromatic N) is 4. The molecule has 0 bridgehead atoms. The minimum atomic E-state index is -0.675. The zero-order valence-corrected chi connectivity index (χ0v) is 14.3. The van der Waals surface area contributed by atoms with Gasteiger partial charge in [-0.15, -0.1) is 0 Å². The Labute approximate surface area is 134 Å². The summed E-state index contributed by atoms with van der Waals surface area (Å²) >= 11 is 0. The average Bonchev–Trinajstić information content (AvgIpc) is 2.84. The molecule has 1 saturated heterocycles. The molecule has 0 saturated carbocycles. The van der Waals surface area contributed by atoms with E-state index in [1.165, 1.54) is 11.9 Å². The zero-order valence-electron chi connectivity index (χ0n) is 14.3. The Bertz CT molecular complexity index is 789. The highest BCUT2D eigenvalue weighted by atomic mass is 16.2. The summed E-state index contributed by atoms with van der Waals surface area (Å²) in [7, 11) is 6.69. The third-order valence-electron chi connectivity index (χ3n) is 4.42. The van der Waals surface area contributed by atoms with Gasteiger partial charge in [-0.1, -0.05) is 12.1 Å². The summed E-state index contributed by atoms with van der Waals surface area (Å²) in [6.45, 7) is 3.47. The Balaban J connectivity index is 0.000000168. The normalized spacial score (nSPS) is 16.8. The van der Waals surface area contributed by atoms with Crippen molar-refractivity contribution in [1.29, 1.82) is 0 Å². The van der Waals surface area contributed by atoms with Crippen molar-refractivity contribution in [2.75, 3.05) is 14.1 Å². The summed E-state index contributed by atoms with van der Waals surface area (Å²) < 4.78 is 3.30. The maximum Gasteiger partial charge on any atom is 0.328 e. The van der Waals surface area contributed by atoms with Crippen LogP contribution in [0.5, 0.6) is 0 Å². The third-order valence-corrected chi connectivity index (χ3v) is 4.42. The number of fused-ring (bicyclic) bond motifs is 1. The predicted molar refractivity (Wildman–Crippen MR) is 88.2 cm³/mol. The van der Waals surface area contributed by atoms with Crippen molar-refractivity contribution in [1.82, 2.24) is 18.9 Å². The molecular weight excluding hydrogens is 296 g/mol. The molecule has 1 aromatic carbocycles. The van der Waals surface area contributed by atoms with Crippen LogP contribution in [0, 0.1) is 0 Å². The maximum absolute atomic E-state index is 11.4. The first-order valence-electron chi connectivity index (χ1n) is 7.27. The molecule has 1 aromatic heterocycles. The number of aryl methyl sites for hydroxylation is 2. The fourth-order valence-electron chi connectivity index (χ4n) is 2.57. The van der Waals surface area contributed by atoms with Crippen LogP contribution in [0.4, 0.5) is 4.79 Å². The van der Waals surface area contributed by atoms with Crippen LogP contribution in [0.1, 0.15) is 13.8 Å². The number of rotatable bonds is 0. The first kappa shape index (κ1) is 16.8. The second kappa shape index (κ2) is 5.57. The lowest BCUT2D eigenvalue weighted by Crippen LogP contribution is -2.41. The van der Waals surface area contributed by atoms with Crippen LogP contribution in [0.2, 0.25) is 0 Å². The number of para-hydroxylation sites is 2. The van der Waals surface area contributed by atoms with Gasteiger partial charge in [-0.2, -0.15) is 0 Å². The molecule has 0 atom stereocenters. The van der Waals surface area contributed by atoms with E-state index in [2.05, 4.69) is 0 Å². The number of carbonyl (C=O) groups excluding carboxylic acids is 2. The van der Waals surface area contributed by atoms with Crippen molar-refractivity contribution in [2.45, 2.75) is 19.4 Å². The molecule has 0 N–H and O–H groups in total. The minimum Gasteiger partial charge on any atom is -0.313 e. The van der Waals surface area contributed by atoms with Gasteiger partial charge in [0.05, 0.1) is 11.0 Å². The molecule has 0 spiro atoms. The topological polar surface area (TPSA) is 67.6 Å². The smallest absolute Gasteiger partial charge is 0.313 e. The van der Waals surface area contributed by atoms with E-state index in [4.69, 9.17) is 0 Å². The monoisotopic (exact) mass is 318 g/mol. The van der Waals surface area contributed by atoms with Crippen molar-refractivity contribution in [3.05, 3.63) is 34.7 Å². The van der Waals surface area contributed by atoms with E-state index in [1.807, 2.05) is 24.3 Å². The van der Waals surface area contributed by atoms with Gasteiger partial charge in [-0.3, -0.25) is 18.8 Å². The second-order valence-electron chi connectivity index (χ2n) is 6.15. The van der Waals surface area contributed by atoms with E-state index in [0.29, 0.717) is 0 Å². The molecule has 3 rings (SSSR count). The van der Waals surface area contributed by atoms with Gasteiger partial charge in [0.15, 0.2) is 0 Å². The van der Waals surface area contributed by atoms with E-state index in [9.17, 15) is 14.4 Å². The number of urea groups is 1. The fourth-order valence-corrected chi connectivity index (χ4v) is 2.57. The van der Waals surface area contributed by atoms with Gasteiger partial charge in [0.25, 0.3) is 5.91 Å². The molecular formula is C16H22N4O3. The van der Waals surface area contributed by atoms with E-state index in [1.54, 1.807) is 44.1 Å². The average molecular weight is 318 g/mol. The predicted octanol–water partition coefficient (Wildman–Crippen LogP) is 1.17. The molecule has 23 heavy (non-hydrogen) atoms. The van der Waals surface area contributed by atoms with Gasteiger partial charge in [0.1, 0.15) is 5.54 Å². The number of amides is 3. The van der Waals surface area contributed by atoms with E-state index in [0.717, 1.165) is 15.9 Å². The SMILES string of the molecule is CN1C(=O)N(C)C(C)(C)C1=O.Cn1c(=O)n(C)c2ccccc21. The van der Waals surface area contributed by atoms with Crippen LogP contribution in [0.15, 0.2) is 29.1 Å². The van der Waals surface area contributed by atoms with Crippen molar-refractivity contribution in [3.8, 4) is 0 Å². The molecule has 0 radical (unpaired) electrons. The summed E-state index contributed by atoms with van der Waals surface area (Å²) in [4.78, 5) is 36.5. The molecule has 7 heteroatoms. The van der Waals surface area contributed by atoms with E-state index >= 15 is 0 Å². The molecule has 1 aliphatic heterocycles. The number of imidazole rings is 1. The molecule has 7 nitrogen and oxygen atoms in total. The summed E-state index contributed by atoms with van der Waals surface area (Å²) in [5.74, 6) is -0.148. The van der Waals surface area contributed by atoms with Crippen molar-refractivity contribution in [2.24, 2.45) is 14.1 Å². The van der Waals surface area contributed by atoms with Crippen LogP contribution in [0.25, 0.3) is 11.0 Å². The van der Waals surface area contributed by atoms with Crippen LogP contribution >= 0.6 is 0 Å². The van der Waals surface area contributed by atoms with Crippen LogP contribution in [-0.2, 0) is 18.9 Å². The Kier molecular flexibility index (Phi) is 4.07. The quantitative estimate of drug-likeness (QED) is 0.685. The minimum absolute atomic E-state index is 0.0243. The molecule has 0 aliphatic carbocycles. The Hall–Kier alpha value is -2.57. The number of aromatic nitrogens is 2. The number of hydrogen-bond acceptors (Lipinski definition) is 3. The standard InChI is InChI=1S/C9H10N2O.C7H12N2O2/c1-10-7-5-3-4-6-8(7)11(2)9(10)12;1-7(2)5(10)8(3)6(11)9(7)4/h3-6H,1-2H3;1-4H3. The lowest BCUT2D eigenvalue weighted by atomic mass is 10.1. The van der Waals surface area contributed by atoms with Crippen LogP contribution < -0.4 is 5.69 Å². The van der Waals surface area contributed by atoms with Crippen molar-refractivity contribution < 1.29 is 9.59 Å². The Morgan fingerprint density at radius 2 is 1.26 bits per heavy atom. The van der Waals surface area contributed by atoms with E-state index in [-0.39, 0.29) is 17.6 Å². The highest BCUT2D eigenvalue weighted by Crippen LogP contribution is 2.23. The fraction of sp³-hybridized carbons (Fsp3) is 0.438. The van der Waals surface area contributed by atoms with Gasteiger partial charge < -0.3 is 4.90 Å². The Morgan fingerprint density at radius 1 is 0.826 bits per heavy atom. The van der Waals surface area contributed by atoms with Gasteiger partial charge in [-0.05, 0) is 26.0 Å². The lowest BCUT2D eigenvalue weighted by Gasteiger charge is -2.22. The number of carbonyl (C=O) groups is 2. The highest BCUT2D eigenvalue weighted by molar-refractivity contribution is 6.06. The maximum atomic E-state index is 11.4. The van der Waals surface area contributed by atoms with Crippen LogP contribution in [0.3, 0.4) is 0 Å². The molecule has 2 heterocycles. The van der Waals surface area contributed by atoms with E-state index < -0.39 is 5.54 Å². The van der Waals surface area contributed by atoms with Crippen molar-refractivity contribution in [3.63, 3.8) is 0 Å². The first-order valence-corrected chi connectivity index (χ1v) is 7.27. The molecule has 0 unspecified atom stereocenters. The third kappa shape index (κ3) is 2.52. The Morgan fingerprint density at radius 3 is 1.52 bits per heavy atom. The second-order valence-corrected chi connectivity index (χ2v) is 6.15. The van der Waals surface area contributed by atoms with Gasteiger partial charge in [0.2, 0.25) is 0 Å². The van der Waals surface area contributed by atoms with Crippen LogP contribution in [-0.4, -0.2) is 50.5 Å². The van der Waals surface area contributed by atoms with Crippen molar-refractivity contribution >= 4 is 23.0 Å². The number of hydrogen-bond donors (Lipinski definition) is 0. The number of benzene rings is 1. The molecule has 3 amide bonds.